The van der Waals surface area contributed by atoms with E-state index in [-0.39, 0.29) is 5.91 Å². The van der Waals surface area contributed by atoms with Crippen LogP contribution in [0.3, 0.4) is 0 Å². The highest BCUT2D eigenvalue weighted by atomic mass is 16.1. The van der Waals surface area contributed by atoms with E-state index in [1.165, 1.54) is 25.7 Å². The van der Waals surface area contributed by atoms with Gasteiger partial charge in [-0.3, -0.25) is 9.89 Å². The van der Waals surface area contributed by atoms with E-state index in [0.717, 1.165) is 23.0 Å². The largest absolute Gasteiger partial charge is 0.352 e. The first-order chi connectivity index (χ1) is 9.24. The van der Waals surface area contributed by atoms with Gasteiger partial charge in [-0.2, -0.15) is 5.10 Å². The molecule has 0 radical (unpaired) electrons. The second kappa shape index (κ2) is 5.03. The van der Waals surface area contributed by atoms with E-state index in [1.54, 1.807) is 6.20 Å². The van der Waals surface area contributed by atoms with Crippen LogP contribution in [0.2, 0.25) is 0 Å². The molecule has 100 valence electrons. The van der Waals surface area contributed by atoms with Crippen molar-refractivity contribution in [2.24, 2.45) is 5.92 Å². The molecule has 0 aliphatic heterocycles. The number of hydrogen-bond donors (Lipinski definition) is 2. The lowest BCUT2D eigenvalue weighted by atomic mass is 10.1. The summed E-state index contributed by atoms with van der Waals surface area (Å²) < 4.78 is 0. The van der Waals surface area contributed by atoms with Crippen molar-refractivity contribution in [3.8, 4) is 0 Å². The fraction of sp³-hybridized carbons (Fsp3) is 0.467. The van der Waals surface area contributed by atoms with E-state index in [0.29, 0.717) is 11.5 Å². The maximum absolute atomic E-state index is 12.3. The summed E-state index contributed by atoms with van der Waals surface area (Å²) >= 11 is 0. The van der Waals surface area contributed by atoms with E-state index in [1.807, 2.05) is 19.1 Å². The zero-order valence-corrected chi connectivity index (χ0v) is 11.2. The molecule has 1 aromatic carbocycles. The van der Waals surface area contributed by atoms with Crippen molar-refractivity contribution in [3.63, 3.8) is 0 Å². The molecule has 1 fully saturated rings. The number of aryl methyl sites for hydroxylation is 1. The molecule has 0 bridgehead atoms. The molecule has 1 heterocycles. The molecule has 1 aliphatic rings. The van der Waals surface area contributed by atoms with E-state index in [2.05, 4.69) is 15.5 Å². The summed E-state index contributed by atoms with van der Waals surface area (Å²) in [6.45, 7) is 2.79. The monoisotopic (exact) mass is 257 g/mol. The van der Waals surface area contributed by atoms with Crippen molar-refractivity contribution >= 4 is 16.8 Å². The third-order valence-electron chi connectivity index (χ3n) is 3.96. The minimum Gasteiger partial charge on any atom is -0.352 e. The van der Waals surface area contributed by atoms with Gasteiger partial charge < -0.3 is 5.32 Å². The lowest BCUT2D eigenvalue weighted by Crippen LogP contribution is -2.28. The summed E-state index contributed by atoms with van der Waals surface area (Å²) in [7, 11) is 0. The first kappa shape index (κ1) is 12.2. The smallest absolute Gasteiger partial charge is 0.253 e. The van der Waals surface area contributed by atoms with Crippen molar-refractivity contribution < 1.29 is 4.79 Å². The number of rotatable bonds is 3. The van der Waals surface area contributed by atoms with Crippen LogP contribution in [0.25, 0.3) is 10.9 Å². The van der Waals surface area contributed by atoms with Gasteiger partial charge in [-0.15, -0.1) is 0 Å². The second-order valence-corrected chi connectivity index (χ2v) is 5.51. The number of aromatic amines is 1. The van der Waals surface area contributed by atoms with Gasteiger partial charge in [0.15, 0.2) is 0 Å². The maximum Gasteiger partial charge on any atom is 0.253 e. The molecule has 0 unspecified atom stereocenters. The minimum absolute atomic E-state index is 0.00449. The number of hydrogen-bond acceptors (Lipinski definition) is 2. The lowest BCUT2D eigenvalue weighted by molar-refractivity contribution is 0.0949. The van der Waals surface area contributed by atoms with Crippen LogP contribution in [-0.2, 0) is 0 Å². The van der Waals surface area contributed by atoms with Crippen molar-refractivity contribution in [3.05, 3.63) is 29.5 Å². The van der Waals surface area contributed by atoms with E-state index < -0.39 is 0 Å². The number of carbonyl (C=O) groups is 1. The number of aromatic nitrogens is 2. The number of nitrogens with one attached hydrogen (secondary N) is 2. The quantitative estimate of drug-likeness (QED) is 0.888. The Kier molecular flexibility index (Phi) is 3.23. The molecule has 1 aliphatic carbocycles. The third kappa shape index (κ3) is 2.48. The van der Waals surface area contributed by atoms with Gasteiger partial charge in [0.25, 0.3) is 5.91 Å². The first-order valence-electron chi connectivity index (χ1n) is 6.96. The topological polar surface area (TPSA) is 57.8 Å². The maximum atomic E-state index is 12.3. The Balaban J connectivity index is 1.78. The Morgan fingerprint density at radius 3 is 3.00 bits per heavy atom. The molecule has 19 heavy (non-hydrogen) atoms. The van der Waals surface area contributed by atoms with Crippen LogP contribution in [0.15, 0.2) is 18.3 Å². The summed E-state index contributed by atoms with van der Waals surface area (Å²) in [6, 6.07) is 3.96. The second-order valence-electron chi connectivity index (χ2n) is 5.51. The summed E-state index contributed by atoms with van der Waals surface area (Å²) in [5, 5.41) is 11.0. The van der Waals surface area contributed by atoms with Crippen molar-refractivity contribution in [2.45, 2.75) is 32.6 Å². The standard InChI is InChI=1S/C15H19N3O/c1-10-6-12-9-17-18-14(12)13(7-10)15(19)16-8-11-4-2-3-5-11/h6-7,9,11H,2-5,8H2,1H3,(H,16,19)(H,17,18). The Hall–Kier alpha value is -1.84. The predicted octanol–water partition coefficient (Wildman–Crippen LogP) is 2.79. The zero-order chi connectivity index (χ0) is 13.2. The lowest BCUT2D eigenvalue weighted by Gasteiger charge is -2.11. The Labute approximate surface area is 112 Å². The van der Waals surface area contributed by atoms with Crippen LogP contribution in [-0.4, -0.2) is 22.6 Å². The highest BCUT2D eigenvalue weighted by Gasteiger charge is 2.17. The number of benzene rings is 1. The first-order valence-corrected chi connectivity index (χ1v) is 6.96. The van der Waals surface area contributed by atoms with Gasteiger partial charge in [-0.05, 0) is 43.4 Å². The van der Waals surface area contributed by atoms with Gasteiger partial charge in [0, 0.05) is 11.9 Å². The van der Waals surface area contributed by atoms with Gasteiger partial charge in [0.05, 0.1) is 17.3 Å². The van der Waals surface area contributed by atoms with E-state index >= 15 is 0 Å². The van der Waals surface area contributed by atoms with Gasteiger partial charge in [0.2, 0.25) is 0 Å². The highest BCUT2D eigenvalue weighted by molar-refractivity contribution is 6.05. The van der Waals surface area contributed by atoms with Crippen LogP contribution in [0.5, 0.6) is 0 Å². The molecule has 1 amide bonds. The fourth-order valence-corrected chi connectivity index (χ4v) is 2.93. The summed E-state index contributed by atoms with van der Waals surface area (Å²) in [4.78, 5) is 12.3. The van der Waals surface area contributed by atoms with Crippen molar-refractivity contribution in [1.29, 1.82) is 0 Å². The molecule has 4 heteroatoms. The van der Waals surface area contributed by atoms with Gasteiger partial charge in [-0.25, -0.2) is 0 Å². The molecule has 1 aromatic heterocycles. The Morgan fingerprint density at radius 2 is 2.21 bits per heavy atom. The molecule has 0 saturated heterocycles. The molecular formula is C15H19N3O. The number of fused-ring (bicyclic) bond motifs is 1. The van der Waals surface area contributed by atoms with Crippen LogP contribution >= 0.6 is 0 Å². The van der Waals surface area contributed by atoms with Crippen molar-refractivity contribution in [1.82, 2.24) is 15.5 Å². The fourth-order valence-electron chi connectivity index (χ4n) is 2.93. The Bertz CT molecular complexity index is 596. The normalized spacial score (nSPS) is 16.1. The average Bonchev–Trinajstić information content (AvgIpc) is 3.05. The minimum atomic E-state index is 0.00449. The molecule has 0 atom stereocenters. The van der Waals surface area contributed by atoms with E-state index in [9.17, 15) is 4.79 Å². The van der Waals surface area contributed by atoms with Crippen LogP contribution < -0.4 is 5.32 Å². The third-order valence-corrected chi connectivity index (χ3v) is 3.96. The molecule has 0 spiro atoms. The van der Waals surface area contributed by atoms with Gasteiger partial charge in [-0.1, -0.05) is 12.8 Å². The molecule has 3 rings (SSSR count). The Morgan fingerprint density at radius 1 is 1.42 bits per heavy atom. The predicted molar refractivity (Wildman–Crippen MR) is 75.1 cm³/mol. The molecule has 1 saturated carbocycles. The molecule has 2 aromatic rings. The van der Waals surface area contributed by atoms with Crippen LogP contribution in [0.4, 0.5) is 0 Å². The van der Waals surface area contributed by atoms with E-state index in [4.69, 9.17) is 0 Å². The van der Waals surface area contributed by atoms with Crippen LogP contribution in [0.1, 0.15) is 41.6 Å². The zero-order valence-electron chi connectivity index (χ0n) is 11.2. The SMILES string of the molecule is Cc1cc(C(=O)NCC2CCCC2)c2[nH]ncc2c1. The number of amides is 1. The van der Waals surface area contributed by atoms with Crippen LogP contribution in [0, 0.1) is 12.8 Å². The van der Waals surface area contributed by atoms with Gasteiger partial charge >= 0.3 is 0 Å². The summed E-state index contributed by atoms with van der Waals surface area (Å²) in [6.07, 6.45) is 6.85. The van der Waals surface area contributed by atoms with Gasteiger partial charge in [0.1, 0.15) is 0 Å². The average molecular weight is 257 g/mol. The number of carbonyl (C=O) groups excluding carboxylic acids is 1. The molecule has 4 nitrogen and oxygen atoms in total. The van der Waals surface area contributed by atoms with Crippen molar-refractivity contribution in [2.75, 3.05) is 6.54 Å². The summed E-state index contributed by atoms with van der Waals surface area (Å²) in [5.41, 5.74) is 2.61. The number of H-pyrrole nitrogens is 1. The summed E-state index contributed by atoms with van der Waals surface area (Å²) in [5.74, 6) is 0.663. The molecule has 2 N–H and O–H groups in total. The highest BCUT2D eigenvalue weighted by Crippen LogP contribution is 2.24. The molecular weight excluding hydrogens is 238 g/mol. The number of nitrogens with zero attached hydrogens (tertiary/aromatic N) is 1.